The van der Waals surface area contributed by atoms with Crippen LogP contribution in [-0.2, 0) is 0 Å². The Hall–Kier alpha value is 0.0195. The third kappa shape index (κ3) is 3.51. The van der Waals surface area contributed by atoms with Crippen LogP contribution >= 0.6 is 11.6 Å². The maximum atomic E-state index is 5.60. The van der Waals surface area contributed by atoms with Crippen LogP contribution < -0.4 is 16.8 Å². The minimum atomic E-state index is 0.972. The molecule has 15 heavy (non-hydrogen) atoms. The molecule has 0 aliphatic heterocycles. The Morgan fingerprint density at radius 1 is 1.27 bits per heavy atom. The van der Waals surface area contributed by atoms with Crippen molar-refractivity contribution in [1.29, 1.82) is 0 Å². The first kappa shape index (κ1) is 13.1. The van der Waals surface area contributed by atoms with Crippen molar-refractivity contribution in [2.45, 2.75) is 4.90 Å². The van der Waals surface area contributed by atoms with Crippen molar-refractivity contribution in [2.24, 2.45) is 0 Å². The summed E-state index contributed by atoms with van der Waals surface area (Å²) in [6.07, 6.45) is 2.01. The topological polar surface area (TPSA) is 13.1 Å². The predicted molar refractivity (Wildman–Crippen MR) is 85.0 cm³/mol. The molecule has 0 aromatic carbocycles. The summed E-state index contributed by atoms with van der Waals surface area (Å²) in [6.45, 7) is 11.4. The van der Waals surface area contributed by atoms with E-state index >= 15 is 0 Å². The Kier molecular flexibility index (Phi) is 5.73. The molecular weight excluding hydrogens is 195 g/mol. The summed E-state index contributed by atoms with van der Waals surface area (Å²) in [4.78, 5) is 1.18. The van der Waals surface area contributed by atoms with Crippen LogP contribution in [0.5, 0.6) is 0 Å². The van der Waals surface area contributed by atoms with E-state index in [4.69, 9.17) is 4.42 Å². The molecule has 0 saturated carbocycles. The SMILES string of the molecule is B/B=B\c1c(B)oc(B)c1SB=BB=C. The molecule has 0 spiro atoms. The average molecular weight is 203 g/mol. The average Bonchev–Trinajstić information content (AvgIpc) is 2.45. The summed E-state index contributed by atoms with van der Waals surface area (Å²) >= 11 is 1.66. The van der Waals surface area contributed by atoms with Gasteiger partial charge in [-0.2, -0.15) is 0 Å². The molecule has 0 saturated heterocycles. The normalized spacial score (nSPS) is 9.07. The second-order valence-corrected chi connectivity index (χ2v) is 4.06. The maximum absolute atomic E-state index is 5.60. The first-order chi connectivity index (χ1) is 7.20. The molecule has 10 heteroatoms. The van der Waals surface area contributed by atoms with E-state index in [1.807, 2.05) is 42.9 Å². The van der Waals surface area contributed by atoms with Gasteiger partial charge in [0.2, 0.25) is 0 Å². The fourth-order valence-corrected chi connectivity index (χ4v) is 2.22. The number of hydrogen-bond acceptors (Lipinski definition) is 2. The number of hydrogen-bond donors (Lipinski definition) is 0. The van der Waals surface area contributed by atoms with E-state index in [2.05, 4.69) is 13.3 Å². The Bertz CT molecular complexity index is 409. The van der Waals surface area contributed by atoms with Gasteiger partial charge in [0, 0.05) is 0 Å². The second-order valence-electron chi connectivity index (χ2n) is 3.14. The molecule has 64 valence electrons. The van der Waals surface area contributed by atoms with Crippen molar-refractivity contribution < 1.29 is 4.42 Å². The van der Waals surface area contributed by atoms with Gasteiger partial charge in [0.1, 0.15) is 0 Å². The third-order valence-electron chi connectivity index (χ3n) is 1.98. The number of rotatable bonds is 4. The molecule has 0 aliphatic carbocycles. The Morgan fingerprint density at radius 2 is 2.00 bits per heavy atom. The van der Waals surface area contributed by atoms with Crippen molar-refractivity contribution in [2.75, 3.05) is 0 Å². The first-order valence-electron chi connectivity index (χ1n) is 4.87. The number of furan rings is 1. The zero-order valence-corrected chi connectivity index (χ0v) is 10.2. The van der Waals surface area contributed by atoms with E-state index in [1.165, 1.54) is 10.4 Å². The molecule has 0 unspecified atom stereocenters. The van der Waals surface area contributed by atoms with Crippen LogP contribution in [0, 0.1) is 0 Å². The zero-order chi connectivity index (χ0) is 11.3. The summed E-state index contributed by atoms with van der Waals surface area (Å²) < 4.78 is 5.60. The Labute approximate surface area is 101 Å². The van der Waals surface area contributed by atoms with Crippen molar-refractivity contribution >= 4 is 91.4 Å². The first-order valence-corrected chi connectivity index (χ1v) is 5.75. The predicted octanol–water partition coefficient (Wildman–Crippen LogP) is -5.33. The van der Waals surface area contributed by atoms with Crippen LogP contribution in [0.3, 0.4) is 0 Å². The molecule has 0 atom stereocenters. The molecule has 0 aliphatic rings. The molecular formula is C5H8B8OS. The monoisotopic (exact) mass is 204 g/mol. The molecule has 0 radical (unpaired) electrons. The van der Waals surface area contributed by atoms with Gasteiger partial charge in [0.25, 0.3) is 0 Å². The molecule has 1 nitrogen and oxygen atoms in total. The summed E-state index contributed by atoms with van der Waals surface area (Å²) in [6, 6.07) is 0. The van der Waals surface area contributed by atoms with Gasteiger partial charge < -0.3 is 0 Å². The van der Waals surface area contributed by atoms with Gasteiger partial charge >= 0.3 is 101 Å². The van der Waals surface area contributed by atoms with E-state index < -0.39 is 0 Å². The quantitative estimate of drug-likeness (QED) is 0.453. The molecule has 0 N–H and O–H groups in total. The van der Waals surface area contributed by atoms with Crippen molar-refractivity contribution in [3.63, 3.8) is 0 Å². The summed E-state index contributed by atoms with van der Waals surface area (Å²) in [5, 5.41) is 0. The van der Waals surface area contributed by atoms with E-state index in [-0.39, 0.29) is 0 Å². The van der Waals surface area contributed by atoms with Gasteiger partial charge in [0.05, 0.1) is 0 Å². The van der Waals surface area contributed by atoms with Crippen LogP contribution in [-0.4, -0.2) is 63.0 Å². The van der Waals surface area contributed by atoms with Gasteiger partial charge in [-0.05, 0) is 0 Å². The minimum absolute atomic E-state index is 0.972. The van der Waals surface area contributed by atoms with Crippen LogP contribution in [0.4, 0.5) is 0 Å². The van der Waals surface area contributed by atoms with Crippen LogP contribution in [0.15, 0.2) is 9.31 Å². The van der Waals surface area contributed by atoms with Gasteiger partial charge in [-0.15, -0.1) is 0 Å². The molecule has 1 heterocycles. The van der Waals surface area contributed by atoms with E-state index in [9.17, 15) is 0 Å². The summed E-state index contributed by atoms with van der Waals surface area (Å²) in [5.74, 6) is 0. The fraction of sp³-hybridized carbons (Fsp3) is 0. The van der Waals surface area contributed by atoms with E-state index in [1.54, 1.807) is 18.4 Å². The molecule has 1 aromatic heterocycles. The fourth-order valence-electron chi connectivity index (χ4n) is 1.35. The van der Waals surface area contributed by atoms with Crippen LogP contribution in [0.25, 0.3) is 0 Å². The van der Waals surface area contributed by atoms with Crippen molar-refractivity contribution in [1.82, 2.24) is 0 Å². The summed E-state index contributed by atoms with van der Waals surface area (Å²) in [5.41, 5.74) is 3.12. The van der Waals surface area contributed by atoms with E-state index in [0.29, 0.717) is 0 Å². The Morgan fingerprint density at radius 3 is 2.60 bits per heavy atom. The van der Waals surface area contributed by atoms with Gasteiger partial charge in [0.15, 0.2) is 0 Å². The molecule has 0 amide bonds. The van der Waals surface area contributed by atoms with Gasteiger partial charge in [-0.3, -0.25) is 0 Å². The molecule has 1 aromatic rings. The summed E-state index contributed by atoms with van der Waals surface area (Å²) in [7, 11) is 5.99. The standard InChI is InChI=1S/C5H8B8OS/c1-9-12-13-15-3-2(10-11-8)4(6)14-5(3)7/h1,6-8H2. The molecule has 0 bridgehead atoms. The van der Waals surface area contributed by atoms with Crippen molar-refractivity contribution in [3.05, 3.63) is 0 Å². The molecule has 0 fully saturated rings. The zero-order valence-electron chi connectivity index (χ0n) is 9.41. The van der Waals surface area contributed by atoms with Crippen LogP contribution in [0.1, 0.15) is 0 Å². The third-order valence-corrected chi connectivity index (χ3v) is 3.02. The van der Waals surface area contributed by atoms with Gasteiger partial charge in [-0.25, -0.2) is 0 Å². The second kappa shape index (κ2) is 6.57. The van der Waals surface area contributed by atoms with Gasteiger partial charge in [-0.1, -0.05) is 0 Å². The van der Waals surface area contributed by atoms with Crippen LogP contribution in [0.2, 0.25) is 0 Å². The van der Waals surface area contributed by atoms with Crippen molar-refractivity contribution in [3.8, 4) is 0 Å². The van der Waals surface area contributed by atoms with E-state index in [0.717, 1.165) is 11.3 Å². The molecule has 1 rings (SSSR count). The Balaban J connectivity index is 3.03.